The highest BCUT2D eigenvalue weighted by Crippen LogP contribution is 2.23. The molecule has 0 aromatic carbocycles. The first kappa shape index (κ1) is 17.3. The van der Waals surface area contributed by atoms with Crippen molar-refractivity contribution in [2.24, 2.45) is 7.05 Å². The van der Waals surface area contributed by atoms with Gasteiger partial charge in [0.25, 0.3) is 11.5 Å². The van der Waals surface area contributed by atoms with Gasteiger partial charge in [0.1, 0.15) is 6.10 Å². The van der Waals surface area contributed by atoms with E-state index in [9.17, 15) is 9.59 Å². The third-order valence-corrected chi connectivity index (χ3v) is 4.98. The predicted molar refractivity (Wildman–Crippen MR) is 99.9 cm³/mol. The van der Waals surface area contributed by atoms with Gasteiger partial charge in [-0.3, -0.25) is 9.59 Å². The Morgan fingerprint density at radius 1 is 1.26 bits per heavy atom. The number of hydrogen-bond donors (Lipinski definition) is 1. The highest BCUT2D eigenvalue weighted by molar-refractivity contribution is 6.07. The highest BCUT2D eigenvalue weighted by Gasteiger charge is 2.28. The fourth-order valence-corrected chi connectivity index (χ4v) is 3.65. The number of rotatable bonds is 3. The standard InChI is InChI=1S/C19H21N5O3/c1-12-10-22-17(25)15-14(11-23(2)16(12)15)18(26)24-8-4-13(5-9-24)27-19-20-6-3-7-21-19/h3,6-7,10-11,13H,4-5,8-9H2,1-2H3,(H,22,25). The number of aryl methyl sites for hydroxylation is 2. The number of pyridine rings is 1. The van der Waals surface area contributed by atoms with E-state index in [0.717, 1.165) is 11.1 Å². The van der Waals surface area contributed by atoms with Crippen molar-refractivity contribution >= 4 is 16.8 Å². The smallest absolute Gasteiger partial charge is 0.316 e. The van der Waals surface area contributed by atoms with Gasteiger partial charge in [0, 0.05) is 57.8 Å². The molecule has 0 spiro atoms. The number of aromatic nitrogens is 4. The fourth-order valence-electron chi connectivity index (χ4n) is 3.65. The van der Waals surface area contributed by atoms with Crippen LogP contribution in [0.2, 0.25) is 0 Å². The number of carbonyl (C=O) groups excluding carboxylic acids is 1. The number of ether oxygens (including phenoxy) is 1. The third-order valence-electron chi connectivity index (χ3n) is 4.98. The van der Waals surface area contributed by atoms with Crippen molar-refractivity contribution in [2.45, 2.75) is 25.9 Å². The summed E-state index contributed by atoms with van der Waals surface area (Å²) in [7, 11) is 1.85. The summed E-state index contributed by atoms with van der Waals surface area (Å²) >= 11 is 0. The number of amides is 1. The van der Waals surface area contributed by atoms with E-state index in [1.165, 1.54) is 0 Å². The number of nitrogens with one attached hydrogen (secondary N) is 1. The summed E-state index contributed by atoms with van der Waals surface area (Å²) in [5, 5.41) is 0.457. The molecule has 0 atom stereocenters. The third kappa shape index (κ3) is 3.18. The molecule has 1 fully saturated rings. The Balaban J connectivity index is 1.51. The zero-order valence-electron chi connectivity index (χ0n) is 15.3. The van der Waals surface area contributed by atoms with Crippen LogP contribution < -0.4 is 10.3 Å². The van der Waals surface area contributed by atoms with Crippen LogP contribution in [0.1, 0.15) is 28.8 Å². The molecule has 0 bridgehead atoms. The Bertz CT molecular complexity index is 1030. The van der Waals surface area contributed by atoms with Gasteiger partial charge in [-0.05, 0) is 18.6 Å². The molecule has 1 aliphatic heterocycles. The second-order valence-electron chi connectivity index (χ2n) is 6.82. The monoisotopic (exact) mass is 367 g/mol. The minimum absolute atomic E-state index is 0.0189. The minimum Gasteiger partial charge on any atom is -0.460 e. The second-order valence-corrected chi connectivity index (χ2v) is 6.82. The molecule has 4 rings (SSSR count). The Morgan fingerprint density at radius 3 is 2.67 bits per heavy atom. The minimum atomic E-state index is -0.237. The molecule has 1 saturated heterocycles. The van der Waals surface area contributed by atoms with Crippen LogP contribution in [0, 0.1) is 6.92 Å². The topological polar surface area (TPSA) is 93.1 Å². The van der Waals surface area contributed by atoms with Gasteiger partial charge in [0.2, 0.25) is 0 Å². The summed E-state index contributed by atoms with van der Waals surface area (Å²) in [4.78, 5) is 38.0. The summed E-state index contributed by atoms with van der Waals surface area (Å²) < 4.78 is 7.62. The summed E-state index contributed by atoms with van der Waals surface area (Å²) in [6.45, 7) is 3.05. The van der Waals surface area contributed by atoms with Gasteiger partial charge in [0.15, 0.2) is 0 Å². The first-order valence-corrected chi connectivity index (χ1v) is 8.95. The van der Waals surface area contributed by atoms with Crippen molar-refractivity contribution in [1.29, 1.82) is 0 Å². The van der Waals surface area contributed by atoms with E-state index in [1.807, 2.05) is 18.5 Å². The molecular weight excluding hydrogens is 346 g/mol. The van der Waals surface area contributed by atoms with Gasteiger partial charge in [-0.1, -0.05) is 0 Å². The number of nitrogens with zero attached hydrogens (tertiary/aromatic N) is 4. The van der Waals surface area contributed by atoms with Gasteiger partial charge in [-0.25, -0.2) is 9.97 Å². The van der Waals surface area contributed by atoms with E-state index in [0.29, 0.717) is 42.9 Å². The van der Waals surface area contributed by atoms with Crippen molar-refractivity contribution in [3.05, 3.63) is 52.3 Å². The summed E-state index contributed by atoms with van der Waals surface area (Å²) in [6.07, 6.45) is 8.08. The molecule has 8 heteroatoms. The van der Waals surface area contributed by atoms with Gasteiger partial charge >= 0.3 is 6.01 Å². The lowest BCUT2D eigenvalue weighted by molar-refractivity contribution is 0.0580. The maximum absolute atomic E-state index is 13.0. The van der Waals surface area contributed by atoms with Gasteiger partial charge in [0.05, 0.1) is 16.5 Å². The molecular formula is C19H21N5O3. The molecule has 4 heterocycles. The molecule has 0 saturated carbocycles. The van der Waals surface area contributed by atoms with Crippen LogP contribution in [0.25, 0.3) is 10.9 Å². The van der Waals surface area contributed by atoms with E-state index >= 15 is 0 Å². The number of carbonyl (C=O) groups is 1. The largest absolute Gasteiger partial charge is 0.460 e. The molecule has 3 aromatic heterocycles. The summed E-state index contributed by atoms with van der Waals surface area (Å²) in [5.41, 5.74) is 1.94. The maximum Gasteiger partial charge on any atom is 0.316 e. The lowest BCUT2D eigenvalue weighted by atomic mass is 10.1. The number of hydrogen-bond acceptors (Lipinski definition) is 5. The molecule has 1 N–H and O–H groups in total. The van der Waals surface area contributed by atoms with Crippen LogP contribution >= 0.6 is 0 Å². The molecule has 3 aromatic rings. The molecule has 0 unspecified atom stereocenters. The predicted octanol–water partition coefficient (Wildman–Crippen LogP) is 1.65. The van der Waals surface area contributed by atoms with Gasteiger partial charge in [-0.15, -0.1) is 0 Å². The quantitative estimate of drug-likeness (QED) is 0.760. The van der Waals surface area contributed by atoms with Crippen LogP contribution in [-0.2, 0) is 7.05 Å². The highest BCUT2D eigenvalue weighted by atomic mass is 16.5. The summed E-state index contributed by atoms with van der Waals surface area (Å²) in [6, 6.07) is 2.10. The Hall–Kier alpha value is -3.16. The molecule has 1 aliphatic rings. The maximum atomic E-state index is 13.0. The summed E-state index contributed by atoms with van der Waals surface area (Å²) in [5.74, 6) is -0.119. The Kier molecular flexibility index (Phi) is 4.39. The lowest BCUT2D eigenvalue weighted by Crippen LogP contribution is -2.42. The van der Waals surface area contributed by atoms with Gasteiger partial charge in [-0.2, -0.15) is 0 Å². The zero-order valence-corrected chi connectivity index (χ0v) is 15.3. The number of H-pyrrole nitrogens is 1. The zero-order chi connectivity index (χ0) is 19.0. The van der Waals surface area contributed by atoms with Crippen LogP contribution in [-0.4, -0.2) is 49.5 Å². The van der Waals surface area contributed by atoms with Crippen molar-refractivity contribution in [2.75, 3.05) is 13.1 Å². The molecule has 0 aliphatic carbocycles. The van der Waals surface area contributed by atoms with Gasteiger partial charge < -0.3 is 19.2 Å². The average molecular weight is 367 g/mol. The fraction of sp³-hybridized carbons (Fsp3) is 0.368. The first-order chi connectivity index (χ1) is 13.0. The molecule has 8 nitrogen and oxygen atoms in total. The van der Waals surface area contributed by atoms with Crippen molar-refractivity contribution < 1.29 is 9.53 Å². The van der Waals surface area contributed by atoms with Crippen LogP contribution in [0.4, 0.5) is 0 Å². The lowest BCUT2D eigenvalue weighted by Gasteiger charge is -2.31. The van der Waals surface area contributed by atoms with Crippen molar-refractivity contribution in [1.82, 2.24) is 24.4 Å². The van der Waals surface area contributed by atoms with E-state index < -0.39 is 0 Å². The van der Waals surface area contributed by atoms with Crippen molar-refractivity contribution in [3.63, 3.8) is 0 Å². The normalized spacial score (nSPS) is 15.3. The molecule has 0 radical (unpaired) electrons. The molecule has 1 amide bonds. The van der Waals surface area contributed by atoms with Crippen LogP contribution in [0.5, 0.6) is 6.01 Å². The Morgan fingerprint density at radius 2 is 1.96 bits per heavy atom. The average Bonchev–Trinajstić information content (AvgIpc) is 3.04. The second kappa shape index (κ2) is 6.86. The van der Waals surface area contributed by atoms with E-state index in [-0.39, 0.29) is 17.6 Å². The number of likely N-dealkylation sites (tertiary alicyclic amines) is 1. The van der Waals surface area contributed by atoms with E-state index in [1.54, 1.807) is 35.8 Å². The van der Waals surface area contributed by atoms with E-state index in [4.69, 9.17) is 4.74 Å². The SMILES string of the molecule is Cc1c[nH]c(=O)c2c(C(=O)N3CCC(Oc4ncccn4)CC3)cn(C)c12. The number of fused-ring (bicyclic) bond motifs is 1. The number of aromatic amines is 1. The molecule has 27 heavy (non-hydrogen) atoms. The Labute approximate surface area is 155 Å². The van der Waals surface area contributed by atoms with Crippen LogP contribution in [0.3, 0.4) is 0 Å². The van der Waals surface area contributed by atoms with Crippen LogP contribution in [0.15, 0.2) is 35.6 Å². The van der Waals surface area contributed by atoms with E-state index in [2.05, 4.69) is 15.0 Å². The number of piperidine rings is 1. The first-order valence-electron chi connectivity index (χ1n) is 8.95. The molecule has 140 valence electrons. The van der Waals surface area contributed by atoms with Crippen molar-refractivity contribution in [3.8, 4) is 6.01 Å².